The predicted octanol–water partition coefficient (Wildman–Crippen LogP) is 3.49. The second-order valence-electron chi connectivity index (χ2n) is 5.65. The summed E-state index contributed by atoms with van der Waals surface area (Å²) in [4.78, 5) is 15.7. The van der Waals surface area contributed by atoms with E-state index in [1.165, 1.54) is 10.9 Å². The Hall–Kier alpha value is -2.88. The van der Waals surface area contributed by atoms with Crippen LogP contribution >= 0.6 is 0 Å². The molecule has 23 heavy (non-hydrogen) atoms. The van der Waals surface area contributed by atoms with Gasteiger partial charge >= 0.3 is 0 Å². The highest BCUT2D eigenvalue weighted by Crippen LogP contribution is 2.22. The van der Waals surface area contributed by atoms with Gasteiger partial charge in [0.1, 0.15) is 0 Å². The Labute approximate surface area is 133 Å². The molecule has 0 saturated carbocycles. The molecule has 4 rings (SSSR count). The van der Waals surface area contributed by atoms with Crippen LogP contribution in [0.1, 0.15) is 18.2 Å². The predicted molar refractivity (Wildman–Crippen MR) is 92.8 cm³/mol. The molecular weight excluding hydrogens is 286 g/mol. The summed E-state index contributed by atoms with van der Waals surface area (Å²) in [6.45, 7) is 2.52. The molecular formula is C19H17N3O. The fourth-order valence-corrected chi connectivity index (χ4v) is 3.11. The summed E-state index contributed by atoms with van der Waals surface area (Å²) in [5, 5.41) is 7.47. The lowest BCUT2D eigenvalue weighted by atomic mass is 10.0. The lowest BCUT2D eigenvalue weighted by molar-refractivity contribution is 0.610. The number of aromatic amines is 1. The first-order valence-electron chi connectivity index (χ1n) is 7.81. The van der Waals surface area contributed by atoms with Crippen LogP contribution in [0.25, 0.3) is 21.7 Å². The van der Waals surface area contributed by atoms with Gasteiger partial charge in [0.05, 0.1) is 11.1 Å². The van der Waals surface area contributed by atoms with Crippen molar-refractivity contribution in [2.24, 2.45) is 0 Å². The molecule has 1 N–H and O–H groups in total. The SMILES string of the molecule is CCn1nc(Cc2c[nH]c3ccccc23)c2ccccc2c1=O. The number of hydrogen-bond acceptors (Lipinski definition) is 2. The zero-order valence-corrected chi connectivity index (χ0v) is 12.9. The van der Waals surface area contributed by atoms with Crippen molar-refractivity contribution in [2.75, 3.05) is 0 Å². The molecule has 0 fully saturated rings. The first-order valence-corrected chi connectivity index (χ1v) is 7.81. The summed E-state index contributed by atoms with van der Waals surface area (Å²) >= 11 is 0. The van der Waals surface area contributed by atoms with E-state index in [1.54, 1.807) is 4.68 Å². The van der Waals surface area contributed by atoms with Crippen LogP contribution in [0.4, 0.5) is 0 Å². The fourth-order valence-electron chi connectivity index (χ4n) is 3.11. The number of benzene rings is 2. The minimum Gasteiger partial charge on any atom is -0.361 e. The first kappa shape index (κ1) is 13.8. The van der Waals surface area contributed by atoms with Crippen LogP contribution in [0.2, 0.25) is 0 Å². The van der Waals surface area contributed by atoms with Crippen LogP contribution < -0.4 is 5.56 Å². The van der Waals surface area contributed by atoms with Gasteiger partial charge < -0.3 is 4.98 Å². The number of hydrogen-bond donors (Lipinski definition) is 1. The third kappa shape index (κ3) is 2.23. The molecule has 0 radical (unpaired) electrons. The largest absolute Gasteiger partial charge is 0.361 e. The van der Waals surface area contributed by atoms with Crippen LogP contribution in [0.3, 0.4) is 0 Å². The van der Waals surface area contributed by atoms with Gasteiger partial charge in [0, 0.05) is 35.5 Å². The van der Waals surface area contributed by atoms with Gasteiger partial charge in [-0.3, -0.25) is 4.79 Å². The number of nitrogens with zero attached hydrogens (tertiary/aromatic N) is 2. The molecule has 0 unspecified atom stereocenters. The van der Waals surface area contributed by atoms with Crippen molar-refractivity contribution in [1.29, 1.82) is 0 Å². The molecule has 0 bridgehead atoms. The molecule has 2 aromatic heterocycles. The number of para-hydroxylation sites is 1. The van der Waals surface area contributed by atoms with Gasteiger partial charge in [0.25, 0.3) is 5.56 Å². The fraction of sp³-hybridized carbons (Fsp3) is 0.158. The summed E-state index contributed by atoms with van der Waals surface area (Å²) in [6.07, 6.45) is 2.73. The summed E-state index contributed by atoms with van der Waals surface area (Å²) in [5.41, 5.74) is 3.23. The highest BCUT2D eigenvalue weighted by atomic mass is 16.1. The number of nitrogens with one attached hydrogen (secondary N) is 1. The van der Waals surface area contributed by atoms with Gasteiger partial charge in [0.2, 0.25) is 0 Å². The first-order chi connectivity index (χ1) is 11.3. The van der Waals surface area contributed by atoms with Gasteiger partial charge in [-0.15, -0.1) is 0 Å². The third-order valence-corrected chi connectivity index (χ3v) is 4.28. The lowest BCUT2D eigenvalue weighted by Crippen LogP contribution is -2.23. The molecule has 0 aliphatic heterocycles. The standard InChI is InChI=1S/C19H17N3O/c1-2-22-19(23)16-9-4-3-8-15(16)18(21-22)11-13-12-20-17-10-6-5-7-14(13)17/h3-10,12,20H,2,11H2,1H3. The van der Waals surface area contributed by atoms with Crippen molar-refractivity contribution in [3.8, 4) is 0 Å². The Morgan fingerprint density at radius 3 is 2.48 bits per heavy atom. The molecule has 0 aliphatic rings. The number of H-pyrrole nitrogens is 1. The Morgan fingerprint density at radius 1 is 1.00 bits per heavy atom. The zero-order valence-electron chi connectivity index (χ0n) is 12.9. The molecule has 0 atom stereocenters. The maximum absolute atomic E-state index is 12.4. The van der Waals surface area contributed by atoms with E-state index in [4.69, 9.17) is 0 Å². The van der Waals surface area contributed by atoms with Crippen LogP contribution in [0.5, 0.6) is 0 Å². The average molecular weight is 303 g/mol. The number of rotatable bonds is 3. The molecule has 0 spiro atoms. The highest BCUT2D eigenvalue weighted by molar-refractivity contribution is 5.86. The molecule has 114 valence electrons. The summed E-state index contributed by atoms with van der Waals surface area (Å²) in [7, 11) is 0. The Morgan fingerprint density at radius 2 is 1.70 bits per heavy atom. The topological polar surface area (TPSA) is 50.7 Å². The minimum atomic E-state index is -0.0224. The molecule has 0 aliphatic carbocycles. The number of aryl methyl sites for hydroxylation is 1. The van der Waals surface area contributed by atoms with Gasteiger partial charge in [-0.2, -0.15) is 5.10 Å². The van der Waals surface area contributed by atoms with E-state index >= 15 is 0 Å². The van der Waals surface area contributed by atoms with E-state index in [2.05, 4.69) is 22.2 Å². The Bertz CT molecular complexity index is 1060. The van der Waals surface area contributed by atoms with Crippen molar-refractivity contribution in [3.63, 3.8) is 0 Å². The molecule has 4 heteroatoms. The maximum Gasteiger partial charge on any atom is 0.274 e. The second kappa shape index (κ2) is 5.39. The normalized spacial score (nSPS) is 11.3. The van der Waals surface area contributed by atoms with E-state index in [1.807, 2.05) is 49.5 Å². The number of aromatic nitrogens is 3. The minimum absolute atomic E-state index is 0.0224. The third-order valence-electron chi connectivity index (χ3n) is 4.28. The highest BCUT2D eigenvalue weighted by Gasteiger charge is 2.12. The van der Waals surface area contributed by atoms with E-state index in [9.17, 15) is 4.79 Å². The quantitative estimate of drug-likeness (QED) is 0.630. The average Bonchev–Trinajstić information content (AvgIpc) is 3.00. The molecule has 0 saturated heterocycles. The van der Waals surface area contributed by atoms with Gasteiger partial charge in [-0.1, -0.05) is 36.4 Å². The van der Waals surface area contributed by atoms with Crippen molar-refractivity contribution in [1.82, 2.24) is 14.8 Å². The van der Waals surface area contributed by atoms with E-state index in [0.717, 1.165) is 22.0 Å². The summed E-state index contributed by atoms with van der Waals surface area (Å²) in [6, 6.07) is 16.0. The van der Waals surface area contributed by atoms with Crippen LogP contribution in [0.15, 0.2) is 59.5 Å². The van der Waals surface area contributed by atoms with E-state index < -0.39 is 0 Å². The molecule has 2 aromatic carbocycles. The van der Waals surface area contributed by atoms with Gasteiger partial charge in [-0.05, 0) is 24.6 Å². The Balaban J connectivity index is 1.92. The van der Waals surface area contributed by atoms with Crippen molar-refractivity contribution in [2.45, 2.75) is 19.9 Å². The number of fused-ring (bicyclic) bond motifs is 2. The van der Waals surface area contributed by atoms with Crippen molar-refractivity contribution >= 4 is 21.7 Å². The van der Waals surface area contributed by atoms with E-state index in [0.29, 0.717) is 13.0 Å². The summed E-state index contributed by atoms with van der Waals surface area (Å²) < 4.78 is 1.55. The van der Waals surface area contributed by atoms with Crippen LogP contribution in [-0.4, -0.2) is 14.8 Å². The lowest BCUT2D eigenvalue weighted by Gasteiger charge is -2.09. The molecule has 4 aromatic rings. The molecule has 4 nitrogen and oxygen atoms in total. The zero-order chi connectivity index (χ0) is 15.8. The molecule has 2 heterocycles. The molecule has 0 amide bonds. The van der Waals surface area contributed by atoms with Crippen LogP contribution in [0, 0.1) is 0 Å². The monoisotopic (exact) mass is 303 g/mol. The van der Waals surface area contributed by atoms with Crippen LogP contribution in [-0.2, 0) is 13.0 Å². The smallest absolute Gasteiger partial charge is 0.274 e. The van der Waals surface area contributed by atoms with Gasteiger partial charge in [-0.25, -0.2) is 4.68 Å². The Kier molecular flexibility index (Phi) is 3.23. The summed E-state index contributed by atoms with van der Waals surface area (Å²) in [5.74, 6) is 0. The van der Waals surface area contributed by atoms with Crippen molar-refractivity contribution in [3.05, 3.63) is 76.3 Å². The maximum atomic E-state index is 12.4. The van der Waals surface area contributed by atoms with Crippen molar-refractivity contribution < 1.29 is 0 Å². The van der Waals surface area contributed by atoms with E-state index in [-0.39, 0.29) is 5.56 Å². The second-order valence-corrected chi connectivity index (χ2v) is 5.65. The van der Waals surface area contributed by atoms with Gasteiger partial charge in [0.15, 0.2) is 0 Å².